The standard InChI is InChI=1S/C18H13ClF3N3O3S/c1-10-15(16(25-24-10)13-4-2-3-5-14(13)19)17(26)23-11-6-8-12(9-7-11)29(27,28)18(20,21)22/h2-9H,1H3,(H,23,26)(H,24,25). The number of hydrogen-bond donors (Lipinski definition) is 2. The Morgan fingerprint density at radius 2 is 1.72 bits per heavy atom. The Morgan fingerprint density at radius 1 is 1.10 bits per heavy atom. The second-order valence-electron chi connectivity index (χ2n) is 5.98. The molecule has 0 aliphatic rings. The van der Waals surface area contributed by atoms with E-state index in [1.165, 1.54) is 0 Å². The maximum Gasteiger partial charge on any atom is 0.501 e. The first-order chi connectivity index (χ1) is 13.5. The van der Waals surface area contributed by atoms with Gasteiger partial charge in [-0.3, -0.25) is 9.89 Å². The molecule has 1 amide bonds. The van der Waals surface area contributed by atoms with Crippen molar-refractivity contribution < 1.29 is 26.4 Å². The number of aromatic nitrogens is 2. The van der Waals surface area contributed by atoms with Gasteiger partial charge in [-0.25, -0.2) is 8.42 Å². The number of H-pyrrole nitrogens is 1. The number of nitrogens with one attached hydrogen (secondary N) is 2. The minimum absolute atomic E-state index is 0.113. The summed E-state index contributed by atoms with van der Waals surface area (Å²) in [6.45, 7) is 1.63. The summed E-state index contributed by atoms with van der Waals surface area (Å²) < 4.78 is 60.7. The van der Waals surface area contributed by atoms with Crippen LogP contribution < -0.4 is 5.32 Å². The summed E-state index contributed by atoms with van der Waals surface area (Å²) in [4.78, 5) is 11.8. The van der Waals surface area contributed by atoms with Crippen molar-refractivity contribution in [1.29, 1.82) is 0 Å². The molecule has 0 spiro atoms. The zero-order valence-electron chi connectivity index (χ0n) is 14.7. The molecule has 29 heavy (non-hydrogen) atoms. The van der Waals surface area contributed by atoms with Crippen LogP contribution in [0.15, 0.2) is 53.4 Å². The van der Waals surface area contributed by atoms with Crippen LogP contribution in [0, 0.1) is 6.92 Å². The molecule has 6 nitrogen and oxygen atoms in total. The Morgan fingerprint density at radius 3 is 2.31 bits per heavy atom. The number of sulfone groups is 1. The van der Waals surface area contributed by atoms with E-state index in [0.29, 0.717) is 22.0 Å². The van der Waals surface area contributed by atoms with Crippen molar-refractivity contribution in [2.45, 2.75) is 17.3 Å². The number of benzene rings is 2. The Hall–Kier alpha value is -2.85. The average molecular weight is 444 g/mol. The number of nitrogens with zero attached hydrogens (tertiary/aromatic N) is 1. The number of halogens is 4. The molecule has 1 aromatic heterocycles. The molecule has 0 bridgehead atoms. The van der Waals surface area contributed by atoms with Crippen LogP contribution in [-0.4, -0.2) is 30.0 Å². The number of rotatable bonds is 4. The lowest BCUT2D eigenvalue weighted by molar-refractivity contribution is -0.0436. The van der Waals surface area contributed by atoms with Crippen LogP contribution in [0.1, 0.15) is 16.1 Å². The molecular weight excluding hydrogens is 431 g/mol. The first-order valence-corrected chi connectivity index (χ1v) is 9.91. The number of carbonyl (C=O) groups is 1. The number of aromatic amines is 1. The average Bonchev–Trinajstić information content (AvgIpc) is 3.03. The van der Waals surface area contributed by atoms with E-state index in [1.807, 2.05) is 0 Å². The molecule has 0 saturated heterocycles. The lowest BCUT2D eigenvalue weighted by atomic mass is 10.1. The van der Waals surface area contributed by atoms with Gasteiger partial charge in [-0.2, -0.15) is 18.3 Å². The fraction of sp³-hybridized carbons (Fsp3) is 0.111. The van der Waals surface area contributed by atoms with Gasteiger partial charge in [0, 0.05) is 16.9 Å². The van der Waals surface area contributed by atoms with Crippen molar-refractivity contribution in [2.24, 2.45) is 0 Å². The number of amides is 1. The summed E-state index contributed by atoms with van der Waals surface area (Å²) in [6, 6.07) is 10.5. The third-order valence-electron chi connectivity index (χ3n) is 4.03. The zero-order valence-corrected chi connectivity index (χ0v) is 16.3. The molecule has 3 rings (SSSR count). The molecule has 0 unspecified atom stereocenters. The van der Waals surface area contributed by atoms with Gasteiger partial charge >= 0.3 is 5.51 Å². The molecule has 0 aliphatic carbocycles. The summed E-state index contributed by atoms with van der Waals surface area (Å²) in [5.74, 6) is -0.586. The summed E-state index contributed by atoms with van der Waals surface area (Å²) >= 11 is 6.17. The molecule has 0 saturated carbocycles. The highest BCUT2D eigenvalue weighted by atomic mass is 35.5. The van der Waals surface area contributed by atoms with Gasteiger partial charge in [0.05, 0.1) is 15.5 Å². The monoisotopic (exact) mass is 443 g/mol. The number of carbonyl (C=O) groups excluding carboxylic acids is 1. The quantitative estimate of drug-likeness (QED) is 0.617. The van der Waals surface area contributed by atoms with Crippen LogP contribution in [0.4, 0.5) is 18.9 Å². The van der Waals surface area contributed by atoms with E-state index in [1.54, 1.807) is 31.2 Å². The minimum Gasteiger partial charge on any atom is -0.322 e. The fourth-order valence-electron chi connectivity index (χ4n) is 2.60. The number of alkyl halides is 3. The van der Waals surface area contributed by atoms with Crippen molar-refractivity contribution in [3.05, 3.63) is 64.8 Å². The number of hydrogen-bond acceptors (Lipinski definition) is 4. The van der Waals surface area contributed by atoms with Gasteiger partial charge in [-0.1, -0.05) is 29.8 Å². The predicted molar refractivity (Wildman–Crippen MR) is 101 cm³/mol. The maximum atomic E-state index is 12.7. The first kappa shape index (κ1) is 20.9. The molecule has 2 aromatic carbocycles. The van der Waals surface area contributed by atoms with E-state index in [4.69, 9.17) is 11.6 Å². The Labute approximate surface area is 168 Å². The summed E-state index contributed by atoms with van der Waals surface area (Å²) in [7, 11) is -5.46. The van der Waals surface area contributed by atoms with Crippen molar-refractivity contribution in [2.75, 3.05) is 5.32 Å². The molecule has 2 N–H and O–H groups in total. The van der Waals surface area contributed by atoms with E-state index < -0.39 is 26.1 Å². The molecule has 1 heterocycles. The fourth-order valence-corrected chi connectivity index (χ4v) is 3.59. The van der Waals surface area contributed by atoms with E-state index in [2.05, 4.69) is 15.5 Å². The second kappa shape index (κ2) is 7.53. The van der Waals surface area contributed by atoms with Crippen LogP contribution >= 0.6 is 11.6 Å². The van der Waals surface area contributed by atoms with Gasteiger partial charge in [0.25, 0.3) is 15.7 Å². The topological polar surface area (TPSA) is 91.9 Å². The van der Waals surface area contributed by atoms with Crippen LogP contribution in [-0.2, 0) is 9.84 Å². The van der Waals surface area contributed by atoms with E-state index >= 15 is 0 Å². The molecule has 11 heteroatoms. The molecule has 3 aromatic rings. The van der Waals surface area contributed by atoms with Crippen LogP contribution in [0.5, 0.6) is 0 Å². The molecule has 152 valence electrons. The van der Waals surface area contributed by atoms with Gasteiger partial charge in [-0.05, 0) is 37.3 Å². The van der Waals surface area contributed by atoms with Gasteiger partial charge < -0.3 is 5.32 Å². The summed E-state index contributed by atoms with van der Waals surface area (Å²) in [6.07, 6.45) is 0. The van der Waals surface area contributed by atoms with Gasteiger partial charge in [0.15, 0.2) is 0 Å². The molecule has 0 aliphatic heterocycles. The predicted octanol–water partition coefficient (Wildman–Crippen LogP) is 4.58. The van der Waals surface area contributed by atoms with Crippen LogP contribution in [0.3, 0.4) is 0 Å². The second-order valence-corrected chi connectivity index (χ2v) is 8.33. The van der Waals surface area contributed by atoms with Crippen molar-refractivity contribution in [1.82, 2.24) is 10.2 Å². The zero-order chi connectivity index (χ0) is 21.4. The van der Waals surface area contributed by atoms with E-state index in [9.17, 15) is 26.4 Å². The Balaban J connectivity index is 1.89. The highest BCUT2D eigenvalue weighted by molar-refractivity contribution is 7.92. The third kappa shape index (κ3) is 3.99. The smallest absolute Gasteiger partial charge is 0.322 e. The largest absolute Gasteiger partial charge is 0.501 e. The van der Waals surface area contributed by atoms with Gasteiger partial charge in [0.1, 0.15) is 5.69 Å². The molecule has 0 radical (unpaired) electrons. The molecule has 0 fully saturated rings. The van der Waals surface area contributed by atoms with Crippen LogP contribution in [0.25, 0.3) is 11.3 Å². The highest BCUT2D eigenvalue weighted by Crippen LogP contribution is 2.32. The van der Waals surface area contributed by atoms with E-state index in [-0.39, 0.29) is 11.3 Å². The first-order valence-electron chi connectivity index (χ1n) is 8.05. The molecular formula is C18H13ClF3N3O3S. The minimum atomic E-state index is -5.46. The summed E-state index contributed by atoms with van der Waals surface area (Å²) in [5.41, 5.74) is -3.81. The van der Waals surface area contributed by atoms with Gasteiger partial charge in [0.2, 0.25) is 0 Å². The number of anilines is 1. The van der Waals surface area contributed by atoms with Gasteiger partial charge in [-0.15, -0.1) is 0 Å². The van der Waals surface area contributed by atoms with E-state index in [0.717, 1.165) is 24.3 Å². The SMILES string of the molecule is Cc1[nH]nc(-c2ccccc2Cl)c1C(=O)Nc1ccc(S(=O)(=O)C(F)(F)F)cc1. The molecule has 0 atom stereocenters. The summed E-state index contributed by atoms with van der Waals surface area (Å²) in [5, 5.41) is 9.71. The Bertz CT molecular complexity index is 1170. The lowest BCUT2D eigenvalue weighted by Gasteiger charge is -2.10. The normalized spacial score (nSPS) is 12.0. The Kier molecular flexibility index (Phi) is 5.42. The maximum absolute atomic E-state index is 12.7. The lowest BCUT2D eigenvalue weighted by Crippen LogP contribution is -2.23. The highest BCUT2D eigenvalue weighted by Gasteiger charge is 2.46. The van der Waals surface area contributed by atoms with Crippen molar-refractivity contribution in [3.63, 3.8) is 0 Å². The van der Waals surface area contributed by atoms with Crippen molar-refractivity contribution in [3.8, 4) is 11.3 Å². The van der Waals surface area contributed by atoms with Crippen molar-refractivity contribution >= 4 is 33.0 Å². The van der Waals surface area contributed by atoms with Crippen LogP contribution in [0.2, 0.25) is 5.02 Å². The third-order valence-corrected chi connectivity index (χ3v) is 5.86. The number of aryl methyl sites for hydroxylation is 1.